The molecule has 1 saturated carbocycles. The van der Waals surface area contributed by atoms with Gasteiger partial charge in [0.1, 0.15) is 6.04 Å². The number of halogens is 1. The Morgan fingerprint density at radius 2 is 2.17 bits per heavy atom. The van der Waals surface area contributed by atoms with Crippen molar-refractivity contribution in [2.24, 2.45) is 0 Å². The van der Waals surface area contributed by atoms with Crippen LogP contribution in [0.25, 0.3) is 0 Å². The van der Waals surface area contributed by atoms with Crippen molar-refractivity contribution in [2.45, 2.75) is 38.3 Å². The van der Waals surface area contributed by atoms with E-state index in [2.05, 4.69) is 33.0 Å². The van der Waals surface area contributed by atoms with Crippen molar-refractivity contribution in [1.82, 2.24) is 15.1 Å². The third kappa shape index (κ3) is 3.99. The van der Waals surface area contributed by atoms with Gasteiger partial charge in [0.15, 0.2) is 0 Å². The SMILES string of the molecule is CC(C(=O)NCc1cccc(I)c1)n1nc(C2CC2)ccc1=O. The maximum Gasteiger partial charge on any atom is 0.267 e. The third-order valence-corrected chi connectivity index (χ3v) is 4.61. The van der Waals surface area contributed by atoms with E-state index in [-0.39, 0.29) is 11.5 Å². The van der Waals surface area contributed by atoms with Crippen LogP contribution >= 0.6 is 22.6 Å². The highest BCUT2D eigenvalue weighted by molar-refractivity contribution is 14.1. The Labute approximate surface area is 148 Å². The summed E-state index contributed by atoms with van der Waals surface area (Å²) in [6.07, 6.45) is 2.22. The van der Waals surface area contributed by atoms with Crippen molar-refractivity contribution in [3.8, 4) is 0 Å². The smallest absolute Gasteiger partial charge is 0.267 e. The van der Waals surface area contributed by atoms with Gasteiger partial charge in [-0.15, -0.1) is 0 Å². The van der Waals surface area contributed by atoms with E-state index in [0.717, 1.165) is 27.7 Å². The fourth-order valence-corrected chi connectivity index (χ4v) is 3.02. The van der Waals surface area contributed by atoms with Gasteiger partial charge < -0.3 is 5.32 Å². The zero-order chi connectivity index (χ0) is 16.4. The van der Waals surface area contributed by atoms with Gasteiger partial charge in [-0.05, 0) is 66.1 Å². The van der Waals surface area contributed by atoms with Crippen molar-refractivity contribution in [1.29, 1.82) is 0 Å². The lowest BCUT2D eigenvalue weighted by Gasteiger charge is -2.15. The van der Waals surface area contributed by atoms with Gasteiger partial charge in [0.2, 0.25) is 5.91 Å². The summed E-state index contributed by atoms with van der Waals surface area (Å²) in [5.41, 5.74) is 1.69. The van der Waals surface area contributed by atoms with Gasteiger partial charge in [0.05, 0.1) is 5.69 Å². The first-order chi connectivity index (χ1) is 11.0. The number of carbonyl (C=O) groups excluding carboxylic acids is 1. The van der Waals surface area contributed by atoms with Gasteiger partial charge >= 0.3 is 0 Å². The van der Waals surface area contributed by atoms with Crippen molar-refractivity contribution >= 4 is 28.5 Å². The van der Waals surface area contributed by atoms with E-state index in [0.29, 0.717) is 12.5 Å². The van der Waals surface area contributed by atoms with Crippen LogP contribution in [0.5, 0.6) is 0 Å². The van der Waals surface area contributed by atoms with E-state index in [9.17, 15) is 9.59 Å². The quantitative estimate of drug-likeness (QED) is 0.753. The molecule has 1 unspecified atom stereocenters. The average Bonchev–Trinajstić information content (AvgIpc) is 3.37. The van der Waals surface area contributed by atoms with Gasteiger partial charge in [-0.25, -0.2) is 4.68 Å². The number of rotatable bonds is 5. The maximum atomic E-state index is 12.3. The van der Waals surface area contributed by atoms with Gasteiger partial charge in [-0.3, -0.25) is 9.59 Å². The standard InChI is InChI=1S/C17H18IN3O2/c1-11(17(23)19-10-12-3-2-4-14(18)9-12)21-16(22)8-7-15(20-21)13-5-6-13/h2-4,7-9,11,13H,5-6,10H2,1H3,(H,19,23). The summed E-state index contributed by atoms with van der Waals surface area (Å²) >= 11 is 2.24. The second kappa shape index (κ2) is 6.82. The largest absolute Gasteiger partial charge is 0.350 e. The molecule has 1 aliphatic rings. The number of nitrogens with one attached hydrogen (secondary N) is 1. The summed E-state index contributed by atoms with van der Waals surface area (Å²) < 4.78 is 2.41. The zero-order valence-corrected chi connectivity index (χ0v) is 15.0. The Bertz CT molecular complexity index is 783. The Hall–Kier alpha value is -1.70. The number of aromatic nitrogens is 2. The molecule has 1 fully saturated rings. The molecule has 0 bridgehead atoms. The van der Waals surface area contributed by atoms with E-state index in [1.165, 1.54) is 10.7 Å². The minimum Gasteiger partial charge on any atom is -0.350 e. The normalized spacial score (nSPS) is 15.2. The molecule has 1 heterocycles. The molecule has 5 nitrogen and oxygen atoms in total. The molecule has 1 amide bonds. The zero-order valence-electron chi connectivity index (χ0n) is 12.8. The molecule has 120 valence electrons. The number of carbonyl (C=O) groups is 1. The highest BCUT2D eigenvalue weighted by Crippen LogP contribution is 2.38. The van der Waals surface area contributed by atoms with Crippen molar-refractivity contribution in [2.75, 3.05) is 0 Å². The first-order valence-corrected chi connectivity index (χ1v) is 8.74. The maximum absolute atomic E-state index is 12.3. The minimum atomic E-state index is -0.621. The lowest BCUT2D eigenvalue weighted by atomic mass is 10.2. The summed E-state index contributed by atoms with van der Waals surface area (Å²) in [5, 5.41) is 7.24. The summed E-state index contributed by atoms with van der Waals surface area (Å²) in [6.45, 7) is 2.15. The molecule has 0 aliphatic heterocycles. The van der Waals surface area contributed by atoms with Crippen LogP contribution in [0.2, 0.25) is 0 Å². The molecule has 6 heteroatoms. The van der Waals surface area contributed by atoms with Crippen molar-refractivity contribution < 1.29 is 4.79 Å². The summed E-state index contributed by atoms with van der Waals surface area (Å²) in [6, 6.07) is 10.6. The Morgan fingerprint density at radius 1 is 1.39 bits per heavy atom. The first-order valence-electron chi connectivity index (χ1n) is 7.66. The summed E-state index contributed by atoms with van der Waals surface area (Å²) in [5.74, 6) is 0.245. The predicted molar refractivity (Wildman–Crippen MR) is 96.2 cm³/mol. The Morgan fingerprint density at radius 3 is 2.87 bits per heavy atom. The number of nitrogens with zero attached hydrogens (tertiary/aromatic N) is 2. The van der Waals surface area contributed by atoms with E-state index in [1.54, 1.807) is 13.0 Å². The van der Waals surface area contributed by atoms with Crippen LogP contribution in [0.1, 0.15) is 43.0 Å². The van der Waals surface area contributed by atoms with E-state index in [4.69, 9.17) is 0 Å². The average molecular weight is 423 g/mol. The molecule has 1 N–H and O–H groups in total. The minimum absolute atomic E-state index is 0.202. The van der Waals surface area contributed by atoms with Crippen molar-refractivity contribution in [3.63, 3.8) is 0 Å². The lowest BCUT2D eigenvalue weighted by Crippen LogP contribution is -2.37. The van der Waals surface area contributed by atoms with Crippen LogP contribution in [0.4, 0.5) is 0 Å². The van der Waals surface area contributed by atoms with Gasteiger partial charge in [-0.1, -0.05) is 12.1 Å². The summed E-state index contributed by atoms with van der Waals surface area (Å²) in [4.78, 5) is 24.3. The molecule has 1 aromatic carbocycles. The number of hydrogen-bond donors (Lipinski definition) is 1. The molecular formula is C17H18IN3O2. The highest BCUT2D eigenvalue weighted by Gasteiger charge is 2.27. The predicted octanol–water partition coefficient (Wildman–Crippen LogP) is 2.60. The number of amides is 1. The third-order valence-electron chi connectivity index (χ3n) is 3.94. The van der Waals surface area contributed by atoms with Crippen LogP contribution in [-0.2, 0) is 11.3 Å². The topological polar surface area (TPSA) is 64.0 Å². The molecule has 23 heavy (non-hydrogen) atoms. The van der Waals surface area contributed by atoms with E-state index in [1.807, 2.05) is 24.3 Å². The Kier molecular flexibility index (Phi) is 4.79. The molecule has 3 rings (SSSR count). The van der Waals surface area contributed by atoms with E-state index >= 15 is 0 Å². The molecule has 0 spiro atoms. The first kappa shape index (κ1) is 16.2. The molecule has 0 radical (unpaired) electrons. The van der Waals surface area contributed by atoms with E-state index < -0.39 is 6.04 Å². The monoisotopic (exact) mass is 423 g/mol. The molecule has 2 aromatic rings. The van der Waals surface area contributed by atoms with Crippen LogP contribution in [-0.4, -0.2) is 15.7 Å². The lowest BCUT2D eigenvalue weighted by molar-refractivity contribution is -0.124. The van der Waals surface area contributed by atoms with Crippen LogP contribution in [0, 0.1) is 3.57 Å². The highest BCUT2D eigenvalue weighted by atomic mass is 127. The molecule has 1 aromatic heterocycles. The van der Waals surface area contributed by atoms with Crippen LogP contribution < -0.4 is 10.9 Å². The van der Waals surface area contributed by atoms with Crippen LogP contribution in [0.3, 0.4) is 0 Å². The van der Waals surface area contributed by atoms with Crippen molar-refractivity contribution in [3.05, 3.63) is 61.6 Å². The molecule has 1 atom stereocenters. The van der Waals surface area contributed by atoms with Crippen LogP contribution in [0.15, 0.2) is 41.2 Å². The fraction of sp³-hybridized carbons (Fsp3) is 0.353. The van der Waals surface area contributed by atoms with Gasteiger partial charge in [-0.2, -0.15) is 5.10 Å². The second-order valence-electron chi connectivity index (χ2n) is 5.84. The molecule has 0 saturated heterocycles. The van der Waals surface area contributed by atoms with Gasteiger partial charge in [0.25, 0.3) is 5.56 Å². The Balaban J connectivity index is 1.69. The number of benzene rings is 1. The fourth-order valence-electron chi connectivity index (χ4n) is 2.41. The number of hydrogen-bond acceptors (Lipinski definition) is 3. The molecule has 1 aliphatic carbocycles. The molecular weight excluding hydrogens is 405 g/mol. The van der Waals surface area contributed by atoms with Gasteiger partial charge in [0, 0.05) is 22.1 Å². The summed E-state index contributed by atoms with van der Waals surface area (Å²) in [7, 11) is 0. The second-order valence-corrected chi connectivity index (χ2v) is 7.08.